The smallest absolute Gasteiger partial charge is 0.276 e. The lowest BCUT2D eigenvalue weighted by molar-refractivity contribution is -0.122. The number of hydrogen-bond acceptors (Lipinski definition) is 3. The molecule has 4 nitrogen and oxygen atoms in total. The van der Waals surface area contributed by atoms with Crippen LogP contribution < -0.4 is 0 Å². The van der Waals surface area contributed by atoms with Gasteiger partial charge in [0.25, 0.3) is 5.91 Å². The Bertz CT molecular complexity index is 764. The maximum Gasteiger partial charge on any atom is 0.276 e. The Kier molecular flexibility index (Phi) is 4.30. The molecule has 2 aromatic rings. The monoisotopic (exact) mass is 326 g/mol. The van der Waals surface area contributed by atoms with Crippen LogP contribution in [0, 0.1) is 0 Å². The predicted molar refractivity (Wildman–Crippen MR) is 94.5 cm³/mol. The molecule has 0 saturated carbocycles. The fourth-order valence-corrected chi connectivity index (χ4v) is 3.08. The van der Waals surface area contributed by atoms with Gasteiger partial charge in [0.1, 0.15) is 17.2 Å². The molecule has 1 amide bonds. The zero-order valence-corrected chi connectivity index (χ0v) is 14.0. The van der Waals surface area contributed by atoms with Crippen molar-refractivity contribution in [3.8, 4) is 11.3 Å². The van der Waals surface area contributed by atoms with Gasteiger partial charge in [-0.2, -0.15) is 0 Å². The second-order valence-electron chi connectivity index (χ2n) is 5.17. The van der Waals surface area contributed by atoms with Gasteiger partial charge in [0, 0.05) is 24.7 Å². The van der Waals surface area contributed by atoms with Crippen LogP contribution in [0.1, 0.15) is 19.6 Å². The van der Waals surface area contributed by atoms with Crippen molar-refractivity contribution in [2.75, 3.05) is 13.1 Å². The lowest BCUT2D eigenvalue weighted by atomic mass is 10.2. The van der Waals surface area contributed by atoms with Crippen molar-refractivity contribution in [3.05, 3.63) is 53.9 Å². The first-order valence-corrected chi connectivity index (χ1v) is 8.06. The van der Waals surface area contributed by atoms with Gasteiger partial charge < -0.3 is 9.32 Å². The van der Waals surface area contributed by atoms with Gasteiger partial charge in [0.05, 0.1) is 0 Å². The molecule has 0 aliphatic carbocycles. The fraction of sp³-hybridized carbons (Fsp3) is 0.222. The quantitative estimate of drug-likeness (QED) is 0.633. The Balaban J connectivity index is 1.94. The summed E-state index contributed by atoms with van der Waals surface area (Å²) in [6.07, 6.45) is 1.76. The first-order chi connectivity index (χ1) is 11.2. The summed E-state index contributed by atoms with van der Waals surface area (Å²) in [7, 11) is 0. The summed E-state index contributed by atoms with van der Waals surface area (Å²) >= 11 is 5.37. The highest BCUT2D eigenvalue weighted by molar-refractivity contribution is 7.80. The molecule has 23 heavy (non-hydrogen) atoms. The number of carbonyl (C=O) groups excluding carboxylic acids is 1. The lowest BCUT2D eigenvalue weighted by Crippen LogP contribution is -2.32. The van der Waals surface area contributed by atoms with Crippen LogP contribution in [-0.4, -0.2) is 33.9 Å². The van der Waals surface area contributed by atoms with E-state index in [0.29, 0.717) is 29.7 Å². The number of furan rings is 1. The highest BCUT2D eigenvalue weighted by atomic mass is 32.1. The van der Waals surface area contributed by atoms with E-state index < -0.39 is 0 Å². The number of rotatable bonds is 4. The van der Waals surface area contributed by atoms with Gasteiger partial charge in [-0.15, -0.1) is 0 Å². The lowest BCUT2D eigenvalue weighted by Gasteiger charge is -2.16. The van der Waals surface area contributed by atoms with Crippen molar-refractivity contribution in [1.82, 2.24) is 9.80 Å². The van der Waals surface area contributed by atoms with Crippen molar-refractivity contribution in [3.63, 3.8) is 0 Å². The van der Waals surface area contributed by atoms with E-state index in [4.69, 9.17) is 16.6 Å². The predicted octanol–water partition coefficient (Wildman–Crippen LogP) is 3.76. The van der Waals surface area contributed by atoms with E-state index in [1.54, 1.807) is 11.0 Å². The number of hydrogen-bond donors (Lipinski definition) is 0. The number of likely N-dealkylation sites (N-methyl/N-ethyl adjacent to an activating group) is 2. The van der Waals surface area contributed by atoms with Crippen molar-refractivity contribution in [2.24, 2.45) is 0 Å². The summed E-state index contributed by atoms with van der Waals surface area (Å²) in [4.78, 5) is 15.9. The van der Waals surface area contributed by atoms with Gasteiger partial charge in [0.15, 0.2) is 5.11 Å². The Morgan fingerprint density at radius 2 is 1.74 bits per heavy atom. The van der Waals surface area contributed by atoms with Crippen molar-refractivity contribution < 1.29 is 9.21 Å². The Labute approximate surface area is 141 Å². The average molecular weight is 326 g/mol. The Hall–Kier alpha value is -2.40. The Morgan fingerprint density at radius 1 is 1.04 bits per heavy atom. The van der Waals surface area contributed by atoms with Gasteiger partial charge in [-0.1, -0.05) is 30.3 Å². The van der Waals surface area contributed by atoms with Crippen molar-refractivity contribution >= 4 is 29.3 Å². The molecule has 118 valence electrons. The fourth-order valence-electron chi connectivity index (χ4n) is 2.64. The highest BCUT2D eigenvalue weighted by Gasteiger charge is 2.36. The number of nitrogens with zero attached hydrogens (tertiary/aromatic N) is 2. The molecule has 0 atom stereocenters. The molecule has 0 spiro atoms. The van der Waals surface area contributed by atoms with Crippen LogP contribution in [0.2, 0.25) is 0 Å². The third-order valence-electron chi connectivity index (χ3n) is 3.81. The largest absolute Gasteiger partial charge is 0.457 e. The van der Waals surface area contributed by atoms with E-state index in [-0.39, 0.29) is 5.91 Å². The Morgan fingerprint density at radius 3 is 2.39 bits per heavy atom. The molecule has 2 heterocycles. The van der Waals surface area contributed by atoms with Crippen LogP contribution in [0.15, 0.2) is 52.6 Å². The number of thiocarbonyl (C=S) groups is 1. The molecule has 0 N–H and O–H groups in total. The van der Waals surface area contributed by atoms with E-state index in [1.165, 1.54) is 0 Å². The number of amides is 1. The summed E-state index contributed by atoms with van der Waals surface area (Å²) in [6.45, 7) is 5.11. The molecule has 0 radical (unpaired) electrons. The summed E-state index contributed by atoms with van der Waals surface area (Å²) in [5.41, 5.74) is 1.57. The molecule has 1 aliphatic rings. The SMILES string of the molecule is CCN1C(=O)C(=Cc2ccc(-c3ccccc3)o2)N(CC)C1=S. The molecule has 0 bridgehead atoms. The minimum atomic E-state index is -0.0722. The van der Waals surface area contributed by atoms with Crippen LogP contribution in [0.5, 0.6) is 0 Å². The van der Waals surface area contributed by atoms with E-state index in [0.717, 1.165) is 11.3 Å². The summed E-state index contributed by atoms with van der Waals surface area (Å²) < 4.78 is 5.86. The van der Waals surface area contributed by atoms with Crippen LogP contribution in [0.3, 0.4) is 0 Å². The van der Waals surface area contributed by atoms with Gasteiger partial charge in [-0.25, -0.2) is 0 Å². The van der Waals surface area contributed by atoms with Crippen LogP contribution in [0.4, 0.5) is 0 Å². The van der Waals surface area contributed by atoms with Crippen molar-refractivity contribution in [1.29, 1.82) is 0 Å². The minimum absolute atomic E-state index is 0.0722. The maximum absolute atomic E-state index is 12.5. The molecule has 3 rings (SSSR count). The third kappa shape index (κ3) is 2.80. The molecule has 1 aliphatic heterocycles. The van der Waals surface area contributed by atoms with Gasteiger partial charge in [0.2, 0.25) is 0 Å². The molecule has 5 heteroatoms. The van der Waals surface area contributed by atoms with E-state index in [9.17, 15) is 4.79 Å². The third-order valence-corrected chi connectivity index (χ3v) is 4.25. The number of benzene rings is 1. The standard InChI is InChI=1S/C18H18N2O2S/c1-3-19-15(17(21)20(4-2)18(19)23)12-14-10-11-16(22-14)13-8-6-5-7-9-13/h5-12H,3-4H2,1-2H3. The summed E-state index contributed by atoms with van der Waals surface area (Å²) in [5, 5.41) is 0.557. The second-order valence-corrected chi connectivity index (χ2v) is 5.54. The molecule has 1 fully saturated rings. The molecule has 0 unspecified atom stereocenters. The molecule has 1 saturated heterocycles. The number of carbonyl (C=O) groups is 1. The maximum atomic E-state index is 12.5. The van der Waals surface area contributed by atoms with E-state index in [1.807, 2.05) is 61.2 Å². The van der Waals surface area contributed by atoms with Crippen LogP contribution in [0.25, 0.3) is 17.4 Å². The molecule has 1 aromatic carbocycles. The van der Waals surface area contributed by atoms with Gasteiger partial charge in [-0.3, -0.25) is 9.69 Å². The van der Waals surface area contributed by atoms with Crippen LogP contribution in [-0.2, 0) is 4.79 Å². The van der Waals surface area contributed by atoms with Gasteiger partial charge in [-0.05, 0) is 38.2 Å². The highest BCUT2D eigenvalue weighted by Crippen LogP contribution is 2.26. The van der Waals surface area contributed by atoms with Crippen molar-refractivity contribution in [2.45, 2.75) is 13.8 Å². The summed E-state index contributed by atoms with van der Waals surface area (Å²) in [5.74, 6) is 1.35. The van der Waals surface area contributed by atoms with E-state index in [2.05, 4.69) is 0 Å². The van der Waals surface area contributed by atoms with Crippen LogP contribution >= 0.6 is 12.2 Å². The normalized spacial score (nSPS) is 16.7. The zero-order chi connectivity index (χ0) is 16.4. The second kappa shape index (κ2) is 6.38. The average Bonchev–Trinajstić information content (AvgIpc) is 3.12. The minimum Gasteiger partial charge on any atom is -0.457 e. The summed E-state index contributed by atoms with van der Waals surface area (Å²) in [6, 6.07) is 13.7. The first kappa shape index (κ1) is 15.5. The molecular weight excluding hydrogens is 308 g/mol. The molecule has 1 aromatic heterocycles. The molecular formula is C18H18N2O2S. The first-order valence-electron chi connectivity index (χ1n) is 7.66. The van der Waals surface area contributed by atoms with E-state index >= 15 is 0 Å². The van der Waals surface area contributed by atoms with Gasteiger partial charge >= 0.3 is 0 Å². The zero-order valence-electron chi connectivity index (χ0n) is 13.2. The topological polar surface area (TPSA) is 36.7 Å².